The SMILES string of the molecule is CC(Nc1ccc(NC(=O)[C@@H](N)C(C)C)cc1)c1ccccc1. The maximum atomic E-state index is 11.9. The second kappa shape index (κ2) is 7.79. The van der Waals surface area contributed by atoms with Gasteiger partial charge in [0.05, 0.1) is 6.04 Å². The number of carbonyl (C=O) groups excluding carboxylic acids is 1. The Bertz CT molecular complexity index is 623. The fraction of sp³-hybridized carbons (Fsp3) is 0.316. The maximum absolute atomic E-state index is 11.9. The van der Waals surface area contributed by atoms with Gasteiger partial charge in [0.15, 0.2) is 0 Å². The fourth-order valence-corrected chi connectivity index (χ4v) is 2.25. The van der Waals surface area contributed by atoms with Crippen LogP contribution in [0.25, 0.3) is 0 Å². The molecule has 0 aliphatic heterocycles. The Balaban J connectivity index is 1.96. The lowest BCUT2D eigenvalue weighted by Gasteiger charge is -2.17. The second-order valence-electron chi connectivity index (χ2n) is 6.11. The van der Waals surface area contributed by atoms with Crippen LogP contribution >= 0.6 is 0 Å². The first-order valence-corrected chi connectivity index (χ1v) is 7.95. The Morgan fingerprint density at radius 3 is 2.04 bits per heavy atom. The molecule has 0 saturated heterocycles. The minimum atomic E-state index is -0.495. The molecule has 1 unspecified atom stereocenters. The molecule has 2 aromatic rings. The Hall–Kier alpha value is -2.33. The van der Waals surface area contributed by atoms with E-state index in [0.717, 1.165) is 11.4 Å². The third-order valence-corrected chi connectivity index (χ3v) is 3.86. The van der Waals surface area contributed by atoms with E-state index in [4.69, 9.17) is 5.73 Å². The lowest BCUT2D eigenvalue weighted by atomic mass is 10.0. The fourth-order valence-electron chi connectivity index (χ4n) is 2.25. The topological polar surface area (TPSA) is 67.1 Å². The molecule has 0 aliphatic rings. The minimum Gasteiger partial charge on any atom is -0.379 e. The highest BCUT2D eigenvalue weighted by Gasteiger charge is 2.17. The van der Waals surface area contributed by atoms with E-state index in [9.17, 15) is 4.79 Å². The predicted molar refractivity (Wildman–Crippen MR) is 96.4 cm³/mol. The lowest BCUT2D eigenvalue weighted by molar-refractivity contribution is -0.118. The summed E-state index contributed by atoms with van der Waals surface area (Å²) < 4.78 is 0. The average Bonchev–Trinajstić information content (AvgIpc) is 2.56. The van der Waals surface area contributed by atoms with Crippen LogP contribution in [-0.2, 0) is 4.79 Å². The van der Waals surface area contributed by atoms with Gasteiger partial charge in [0.2, 0.25) is 5.91 Å². The zero-order valence-corrected chi connectivity index (χ0v) is 13.9. The van der Waals surface area contributed by atoms with Gasteiger partial charge in [0.1, 0.15) is 0 Å². The quantitative estimate of drug-likeness (QED) is 0.760. The molecule has 1 amide bonds. The number of hydrogen-bond donors (Lipinski definition) is 3. The Morgan fingerprint density at radius 2 is 1.48 bits per heavy atom. The minimum absolute atomic E-state index is 0.114. The van der Waals surface area contributed by atoms with Crippen LogP contribution in [0.1, 0.15) is 32.4 Å². The third-order valence-electron chi connectivity index (χ3n) is 3.86. The van der Waals surface area contributed by atoms with Gasteiger partial charge in [0.25, 0.3) is 0 Å². The predicted octanol–water partition coefficient (Wildman–Crippen LogP) is 3.78. The smallest absolute Gasteiger partial charge is 0.241 e. The van der Waals surface area contributed by atoms with Gasteiger partial charge in [-0.1, -0.05) is 44.2 Å². The van der Waals surface area contributed by atoms with Gasteiger partial charge < -0.3 is 16.4 Å². The van der Waals surface area contributed by atoms with E-state index in [1.807, 2.05) is 56.3 Å². The number of nitrogens with two attached hydrogens (primary N) is 1. The number of benzene rings is 2. The molecule has 0 aliphatic carbocycles. The van der Waals surface area contributed by atoms with Crippen LogP contribution in [0.2, 0.25) is 0 Å². The third kappa shape index (κ3) is 4.83. The Labute approximate surface area is 138 Å². The molecule has 4 N–H and O–H groups in total. The molecule has 0 aromatic heterocycles. The monoisotopic (exact) mass is 311 g/mol. The van der Waals surface area contributed by atoms with Gasteiger partial charge in [-0.3, -0.25) is 4.79 Å². The van der Waals surface area contributed by atoms with Crippen LogP contribution in [0.4, 0.5) is 11.4 Å². The maximum Gasteiger partial charge on any atom is 0.241 e. The van der Waals surface area contributed by atoms with Crippen LogP contribution in [-0.4, -0.2) is 11.9 Å². The van der Waals surface area contributed by atoms with E-state index in [0.29, 0.717) is 0 Å². The summed E-state index contributed by atoms with van der Waals surface area (Å²) in [5.74, 6) is -0.0407. The largest absolute Gasteiger partial charge is 0.379 e. The van der Waals surface area contributed by atoms with Gasteiger partial charge >= 0.3 is 0 Å². The molecule has 0 saturated carbocycles. The summed E-state index contributed by atoms with van der Waals surface area (Å²) in [7, 11) is 0. The zero-order valence-electron chi connectivity index (χ0n) is 13.9. The molecule has 0 radical (unpaired) electrons. The van der Waals surface area contributed by atoms with Gasteiger partial charge in [-0.2, -0.15) is 0 Å². The van der Waals surface area contributed by atoms with E-state index >= 15 is 0 Å². The van der Waals surface area contributed by atoms with Crippen molar-refractivity contribution in [1.82, 2.24) is 0 Å². The molecule has 0 bridgehead atoms. The summed E-state index contributed by atoms with van der Waals surface area (Å²) in [4.78, 5) is 11.9. The van der Waals surface area contributed by atoms with E-state index in [2.05, 4.69) is 29.7 Å². The van der Waals surface area contributed by atoms with Gasteiger partial charge in [0, 0.05) is 17.4 Å². The molecule has 23 heavy (non-hydrogen) atoms. The molecule has 0 fully saturated rings. The number of carbonyl (C=O) groups is 1. The highest BCUT2D eigenvalue weighted by molar-refractivity contribution is 5.94. The standard InChI is InChI=1S/C19H25N3O/c1-13(2)18(20)19(23)22-17-11-9-16(10-12-17)21-14(3)15-7-5-4-6-8-15/h4-14,18,21H,20H2,1-3H3,(H,22,23)/t14?,18-/m0/s1. The second-order valence-corrected chi connectivity index (χ2v) is 6.11. The van der Waals surface area contributed by atoms with Gasteiger partial charge in [-0.05, 0) is 42.7 Å². The normalized spacial score (nSPS) is 13.4. The summed E-state index contributed by atoms with van der Waals surface area (Å²) in [6.07, 6.45) is 0. The van der Waals surface area contributed by atoms with Crippen molar-refractivity contribution in [3.05, 3.63) is 60.2 Å². The highest BCUT2D eigenvalue weighted by atomic mass is 16.2. The van der Waals surface area contributed by atoms with Crippen molar-refractivity contribution in [2.24, 2.45) is 11.7 Å². The summed E-state index contributed by atoms with van der Waals surface area (Å²) in [5, 5.41) is 6.29. The van der Waals surface area contributed by atoms with E-state index in [1.54, 1.807) is 0 Å². The number of amides is 1. The highest BCUT2D eigenvalue weighted by Crippen LogP contribution is 2.20. The van der Waals surface area contributed by atoms with E-state index in [-0.39, 0.29) is 17.9 Å². The van der Waals surface area contributed by atoms with Crippen molar-refractivity contribution >= 4 is 17.3 Å². The van der Waals surface area contributed by atoms with Crippen LogP contribution in [0.3, 0.4) is 0 Å². The first kappa shape index (κ1) is 17.0. The molecule has 2 atom stereocenters. The van der Waals surface area contributed by atoms with Crippen molar-refractivity contribution in [2.45, 2.75) is 32.9 Å². The van der Waals surface area contributed by atoms with E-state index < -0.39 is 6.04 Å². The average molecular weight is 311 g/mol. The van der Waals surface area contributed by atoms with Crippen LogP contribution < -0.4 is 16.4 Å². The first-order chi connectivity index (χ1) is 11.0. The van der Waals surface area contributed by atoms with Crippen molar-refractivity contribution in [3.63, 3.8) is 0 Å². The molecule has 0 spiro atoms. The van der Waals surface area contributed by atoms with Crippen molar-refractivity contribution < 1.29 is 4.79 Å². The van der Waals surface area contributed by atoms with Crippen molar-refractivity contribution in [3.8, 4) is 0 Å². The van der Waals surface area contributed by atoms with Crippen LogP contribution in [0.5, 0.6) is 0 Å². The Morgan fingerprint density at radius 1 is 0.913 bits per heavy atom. The molecule has 4 nitrogen and oxygen atoms in total. The molecule has 4 heteroatoms. The first-order valence-electron chi connectivity index (χ1n) is 7.95. The summed E-state index contributed by atoms with van der Waals surface area (Å²) in [5.41, 5.74) is 8.83. The molecule has 2 rings (SSSR count). The number of hydrogen-bond acceptors (Lipinski definition) is 3. The van der Waals surface area contributed by atoms with Crippen LogP contribution in [0.15, 0.2) is 54.6 Å². The zero-order chi connectivity index (χ0) is 16.8. The lowest BCUT2D eigenvalue weighted by Crippen LogP contribution is -2.39. The van der Waals surface area contributed by atoms with Crippen molar-refractivity contribution in [1.29, 1.82) is 0 Å². The Kier molecular flexibility index (Phi) is 5.77. The summed E-state index contributed by atoms with van der Waals surface area (Å²) in [6.45, 7) is 5.98. The molecular weight excluding hydrogens is 286 g/mol. The number of nitrogens with one attached hydrogen (secondary N) is 2. The van der Waals surface area contributed by atoms with Crippen LogP contribution in [0, 0.1) is 5.92 Å². The number of rotatable bonds is 6. The molecule has 2 aromatic carbocycles. The van der Waals surface area contributed by atoms with E-state index in [1.165, 1.54) is 5.56 Å². The van der Waals surface area contributed by atoms with Crippen molar-refractivity contribution in [2.75, 3.05) is 10.6 Å². The summed E-state index contributed by atoms with van der Waals surface area (Å²) >= 11 is 0. The van der Waals surface area contributed by atoms with Gasteiger partial charge in [-0.15, -0.1) is 0 Å². The van der Waals surface area contributed by atoms with Gasteiger partial charge in [-0.25, -0.2) is 0 Å². The molecule has 0 heterocycles. The summed E-state index contributed by atoms with van der Waals surface area (Å²) in [6, 6.07) is 17.7. The molecule has 122 valence electrons. The number of anilines is 2. The molecular formula is C19H25N3O.